The molecule has 104 valence electrons. The third-order valence-electron chi connectivity index (χ3n) is 2.47. The first-order valence-electron chi connectivity index (χ1n) is 6.35. The van der Waals surface area contributed by atoms with Crippen molar-refractivity contribution in [1.82, 2.24) is 0 Å². The first-order chi connectivity index (χ1) is 8.41. The van der Waals surface area contributed by atoms with E-state index < -0.39 is 0 Å². The smallest absolute Gasteiger partial charge is 0.00454 e. The summed E-state index contributed by atoms with van der Waals surface area (Å²) in [5.41, 5.74) is 0. The van der Waals surface area contributed by atoms with Gasteiger partial charge < -0.3 is 0 Å². The third kappa shape index (κ3) is 18.1. The molecule has 0 aromatic rings. The van der Waals surface area contributed by atoms with Crippen LogP contribution in [0.25, 0.3) is 0 Å². The van der Waals surface area contributed by atoms with Crippen molar-refractivity contribution in [3.8, 4) is 0 Å². The van der Waals surface area contributed by atoms with E-state index in [0.29, 0.717) is 0 Å². The fourth-order valence-corrected chi connectivity index (χ4v) is 10.4. The summed E-state index contributed by atoms with van der Waals surface area (Å²) < 4.78 is 0. The second kappa shape index (κ2) is 18.1. The highest BCUT2D eigenvalue weighted by atomic mass is 33.9. The van der Waals surface area contributed by atoms with Crippen LogP contribution in [0.5, 0.6) is 0 Å². The Labute approximate surface area is 131 Å². The van der Waals surface area contributed by atoms with Crippen LogP contribution in [0.4, 0.5) is 0 Å². The van der Waals surface area contributed by atoms with Gasteiger partial charge in [-0.3, -0.25) is 0 Å². The van der Waals surface area contributed by atoms with Gasteiger partial charge in [-0.05, 0) is 45.7 Å². The molecule has 0 aromatic heterocycles. The van der Waals surface area contributed by atoms with E-state index in [0.717, 1.165) is 0 Å². The second-order valence-corrected chi connectivity index (χ2v) is 12.5. The molecule has 0 atom stereocenters. The highest BCUT2D eigenvalue weighted by Crippen LogP contribution is 2.49. The van der Waals surface area contributed by atoms with Crippen LogP contribution >= 0.6 is 61.8 Å². The fourth-order valence-electron chi connectivity index (χ4n) is 1.55. The van der Waals surface area contributed by atoms with Crippen molar-refractivity contribution < 1.29 is 0 Å². The minimum atomic E-state index is 1.30. The Bertz CT molecular complexity index is 119. The lowest BCUT2D eigenvalue weighted by atomic mass is 10.1. The van der Waals surface area contributed by atoms with Crippen LogP contribution < -0.4 is 0 Å². The molecule has 0 bridgehead atoms. The van der Waals surface area contributed by atoms with Crippen LogP contribution in [-0.4, -0.2) is 5.75 Å². The lowest BCUT2D eigenvalue weighted by molar-refractivity contribution is 0.573. The van der Waals surface area contributed by atoms with Crippen LogP contribution in [0.1, 0.15) is 64.7 Å². The van der Waals surface area contributed by atoms with Crippen molar-refractivity contribution in [2.24, 2.45) is 0 Å². The molecular formula is C11H24S6. The Balaban J connectivity index is 2.85. The van der Waals surface area contributed by atoms with Gasteiger partial charge in [-0.2, -0.15) is 0 Å². The van der Waals surface area contributed by atoms with E-state index in [1.807, 2.05) is 30.4 Å². The minimum absolute atomic E-state index is 1.30. The number of hydrogen-bond acceptors (Lipinski definition) is 6. The summed E-state index contributed by atoms with van der Waals surface area (Å²) in [5, 5.41) is 0. The van der Waals surface area contributed by atoms with Gasteiger partial charge in [-0.1, -0.05) is 80.7 Å². The summed E-state index contributed by atoms with van der Waals surface area (Å²) in [6.07, 6.45) is 12.8. The zero-order valence-electron chi connectivity index (χ0n) is 10.6. The monoisotopic (exact) mass is 348 g/mol. The van der Waals surface area contributed by atoms with Crippen LogP contribution in [-0.2, 0) is 0 Å². The number of hydrogen-bond donors (Lipinski definition) is 1. The molecule has 0 aliphatic heterocycles. The second-order valence-electron chi connectivity index (χ2n) is 3.93. The number of thiol groups is 1. The van der Waals surface area contributed by atoms with Gasteiger partial charge in [-0.15, -0.1) is 0 Å². The maximum atomic E-state index is 4.07. The molecule has 0 amide bonds. The molecular weight excluding hydrogens is 325 g/mol. The van der Waals surface area contributed by atoms with E-state index in [1.54, 1.807) is 9.83 Å². The fraction of sp³-hybridized carbons (Fsp3) is 1.00. The molecule has 0 fully saturated rings. The van der Waals surface area contributed by atoms with Gasteiger partial charge >= 0.3 is 0 Å². The maximum absolute atomic E-state index is 4.07. The van der Waals surface area contributed by atoms with Crippen molar-refractivity contribution in [3.05, 3.63) is 0 Å². The molecule has 0 spiro atoms. The van der Waals surface area contributed by atoms with Crippen molar-refractivity contribution in [2.75, 3.05) is 5.75 Å². The highest BCUT2D eigenvalue weighted by molar-refractivity contribution is 9.41. The topological polar surface area (TPSA) is 0 Å². The standard InChI is InChI=1S/C11H24S6/c1-2-3-4-5-6-7-8-9-10-11-13-15-17-16-14-12/h12H,2-11H2,1H3. The van der Waals surface area contributed by atoms with Crippen LogP contribution in [0.2, 0.25) is 0 Å². The van der Waals surface area contributed by atoms with Gasteiger partial charge in [0.05, 0.1) is 0 Å². The minimum Gasteiger partial charge on any atom is -0.0988 e. The molecule has 17 heavy (non-hydrogen) atoms. The normalized spacial score (nSPS) is 10.9. The summed E-state index contributed by atoms with van der Waals surface area (Å²) >= 11 is 4.07. The lowest BCUT2D eigenvalue weighted by Crippen LogP contribution is -1.82. The zero-order valence-corrected chi connectivity index (χ0v) is 15.5. The highest BCUT2D eigenvalue weighted by Gasteiger charge is 1.94. The van der Waals surface area contributed by atoms with Gasteiger partial charge in [0.1, 0.15) is 0 Å². The van der Waals surface area contributed by atoms with Gasteiger partial charge in [0.15, 0.2) is 0 Å². The predicted molar refractivity (Wildman–Crippen MR) is 99.0 cm³/mol. The Morgan fingerprint density at radius 3 is 1.88 bits per heavy atom. The van der Waals surface area contributed by atoms with E-state index in [-0.39, 0.29) is 0 Å². The molecule has 0 nitrogen and oxygen atoms in total. The molecule has 0 aliphatic carbocycles. The summed E-state index contributed by atoms with van der Waals surface area (Å²) in [6.45, 7) is 2.28. The molecule has 0 aromatic carbocycles. The van der Waals surface area contributed by atoms with Gasteiger partial charge in [0.2, 0.25) is 0 Å². The van der Waals surface area contributed by atoms with Crippen LogP contribution in [0, 0.1) is 0 Å². The van der Waals surface area contributed by atoms with E-state index >= 15 is 0 Å². The largest absolute Gasteiger partial charge is 0.0988 e. The average Bonchev–Trinajstić information content (AvgIpc) is 2.35. The quantitative estimate of drug-likeness (QED) is 0.193. The SMILES string of the molecule is CCCCCCCCCCCSSSSSS. The first-order valence-corrected chi connectivity index (χ1v) is 13.7. The zero-order chi connectivity index (χ0) is 12.6. The number of rotatable bonds is 14. The molecule has 0 N–H and O–H groups in total. The summed E-state index contributed by atoms with van der Waals surface area (Å²) in [7, 11) is 8.93. The van der Waals surface area contributed by atoms with Gasteiger partial charge in [0, 0.05) is 5.75 Å². The van der Waals surface area contributed by atoms with E-state index in [2.05, 4.69) is 18.6 Å². The molecule has 0 saturated carbocycles. The Morgan fingerprint density at radius 1 is 0.706 bits per heavy atom. The summed E-state index contributed by atoms with van der Waals surface area (Å²) in [6, 6.07) is 0. The van der Waals surface area contributed by atoms with Gasteiger partial charge in [0.25, 0.3) is 0 Å². The predicted octanol–water partition coefficient (Wildman–Crippen LogP) is 7.69. The van der Waals surface area contributed by atoms with Crippen molar-refractivity contribution >= 4 is 61.8 Å². The van der Waals surface area contributed by atoms with E-state index in [4.69, 9.17) is 0 Å². The molecule has 0 rings (SSSR count). The molecule has 6 heteroatoms. The number of unbranched alkanes of at least 4 members (excludes halogenated alkanes) is 8. The maximum Gasteiger partial charge on any atom is 0.00454 e. The first kappa shape index (κ1) is 19.1. The van der Waals surface area contributed by atoms with Crippen molar-refractivity contribution in [3.63, 3.8) is 0 Å². The average molecular weight is 349 g/mol. The Hall–Kier alpha value is 2.10. The van der Waals surface area contributed by atoms with Crippen molar-refractivity contribution in [2.45, 2.75) is 64.7 Å². The molecule has 0 unspecified atom stereocenters. The summed E-state index contributed by atoms with van der Waals surface area (Å²) in [4.78, 5) is 0. The van der Waals surface area contributed by atoms with E-state index in [9.17, 15) is 0 Å². The summed E-state index contributed by atoms with van der Waals surface area (Å²) in [5.74, 6) is 1.30. The van der Waals surface area contributed by atoms with Crippen LogP contribution in [0.15, 0.2) is 0 Å². The molecule has 0 saturated heterocycles. The van der Waals surface area contributed by atoms with Crippen LogP contribution in [0.3, 0.4) is 0 Å². The molecule has 0 aliphatic rings. The van der Waals surface area contributed by atoms with E-state index in [1.165, 1.54) is 73.4 Å². The molecule has 0 radical (unpaired) electrons. The Morgan fingerprint density at radius 2 is 1.29 bits per heavy atom. The Kier molecular flexibility index (Phi) is 20.3. The third-order valence-corrected chi connectivity index (χ3v) is 11.6. The van der Waals surface area contributed by atoms with Crippen molar-refractivity contribution in [1.29, 1.82) is 0 Å². The molecule has 0 heterocycles. The lowest BCUT2D eigenvalue weighted by Gasteiger charge is -2.01. The van der Waals surface area contributed by atoms with Gasteiger partial charge in [-0.25, -0.2) is 0 Å².